The van der Waals surface area contributed by atoms with Gasteiger partial charge in [0, 0.05) is 39.0 Å². The first kappa shape index (κ1) is 22.3. The number of nitrogens with zero attached hydrogens (tertiary/aromatic N) is 2. The maximum atomic E-state index is 6.53. The van der Waals surface area contributed by atoms with Crippen LogP contribution in [0.3, 0.4) is 0 Å². The number of hydrogen-bond donors (Lipinski definition) is 0. The summed E-state index contributed by atoms with van der Waals surface area (Å²) in [6, 6.07) is 45.0. The second-order valence-corrected chi connectivity index (χ2v) is 10.5. The highest BCUT2D eigenvalue weighted by Crippen LogP contribution is 2.51. The van der Waals surface area contributed by atoms with Crippen LogP contribution in [0.2, 0.25) is 0 Å². The Bertz CT molecular complexity index is 2330. The van der Waals surface area contributed by atoms with E-state index in [4.69, 9.17) is 9.40 Å². The number of benzene rings is 5. The summed E-state index contributed by atoms with van der Waals surface area (Å²) in [5.41, 5.74) is 13.8. The van der Waals surface area contributed by atoms with Gasteiger partial charge in [0.15, 0.2) is 5.65 Å². The van der Waals surface area contributed by atoms with E-state index in [1.54, 1.807) is 0 Å². The highest BCUT2D eigenvalue weighted by Gasteiger charge is 2.26. The Morgan fingerprint density at radius 1 is 0.463 bits per heavy atom. The molecular weight excluding hydrogens is 500 g/mol. The molecule has 3 heteroatoms. The van der Waals surface area contributed by atoms with Crippen LogP contribution in [0.15, 0.2) is 138 Å². The van der Waals surface area contributed by atoms with Gasteiger partial charge in [-0.15, -0.1) is 0 Å². The molecule has 1 aliphatic carbocycles. The van der Waals surface area contributed by atoms with E-state index >= 15 is 0 Å². The molecule has 3 heterocycles. The van der Waals surface area contributed by atoms with Gasteiger partial charge < -0.3 is 4.42 Å². The lowest BCUT2D eigenvalue weighted by Crippen LogP contribution is -2.01. The van der Waals surface area contributed by atoms with Crippen LogP contribution >= 0.6 is 0 Å². The maximum absolute atomic E-state index is 6.53. The van der Waals surface area contributed by atoms with Crippen LogP contribution < -0.4 is 0 Å². The van der Waals surface area contributed by atoms with E-state index < -0.39 is 0 Å². The largest absolute Gasteiger partial charge is 0.455 e. The van der Waals surface area contributed by atoms with Gasteiger partial charge in [0.25, 0.3) is 0 Å². The summed E-state index contributed by atoms with van der Waals surface area (Å²) >= 11 is 0. The molecule has 190 valence electrons. The molecule has 0 fully saturated rings. The third kappa shape index (κ3) is 3.20. The Morgan fingerprint density at radius 2 is 1.10 bits per heavy atom. The highest BCUT2D eigenvalue weighted by molar-refractivity contribution is 6.13. The van der Waals surface area contributed by atoms with Crippen molar-refractivity contribution in [2.24, 2.45) is 0 Å². The standard InChI is InChI=1S/C38H22N2O/c1-2-12-25-24(11-1)27-16-7-17-29(32-19-8-18-31-26-13-5-6-20-34(26)41-37(31)32)35(27)28-14-3-4-15-30(28)36-33(25)22-23-10-9-21-39-38(23)40-36/h1-22H. The summed E-state index contributed by atoms with van der Waals surface area (Å²) in [6.45, 7) is 0. The molecular formula is C38H22N2O. The van der Waals surface area contributed by atoms with Crippen LogP contribution in [0.1, 0.15) is 0 Å². The molecule has 0 saturated carbocycles. The number of furan rings is 1. The van der Waals surface area contributed by atoms with Crippen molar-refractivity contribution < 1.29 is 4.42 Å². The van der Waals surface area contributed by atoms with Crippen LogP contribution in [0.25, 0.3) is 88.7 Å². The Labute approximate surface area is 236 Å². The number of pyridine rings is 2. The number of aromatic nitrogens is 2. The van der Waals surface area contributed by atoms with Gasteiger partial charge in [0.2, 0.25) is 0 Å². The minimum absolute atomic E-state index is 0.750. The lowest BCUT2D eigenvalue weighted by Gasteiger charge is -2.24. The van der Waals surface area contributed by atoms with Crippen molar-refractivity contribution >= 4 is 33.0 Å². The lowest BCUT2D eigenvalue weighted by atomic mass is 9.79. The predicted molar refractivity (Wildman–Crippen MR) is 168 cm³/mol. The zero-order chi connectivity index (χ0) is 26.9. The number of hydrogen-bond acceptors (Lipinski definition) is 3. The van der Waals surface area contributed by atoms with Crippen molar-refractivity contribution in [3.05, 3.63) is 134 Å². The van der Waals surface area contributed by atoms with Crippen LogP contribution in [0, 0.1) is 0 Å². The molecule has 0 spiro atoms. The summed E-state index contributed by atoms with van der Waals surface area (Å²) in [6.07, 6.45) is 1.81. The molecule has 3 nitrogen and oxygen atoms in total. The van der Waals surface area contributed by atoms with E-state index in [1.807, 2.05) is 24.4 Å². The molecule has 5 aromatic carbocycles. The molecule has 3 aromatic heterocycles. The summed E-state index contributed by atoms with van der Waals surface area (Å²) in [7, 11) is 0. The number of fused-ring (bicyclic) bond motifs is 12. The zero-order valence-electron chi connectivity index (χ0n) is 22.0. The Balaban J connectivity index is 1.44. The second kappa shape index (κ2) is 8.48. The van der Waals surface area contributed by atoms with Gasteiger partial charge in [-0.2, -0.15) is 0 Å². The summed E-state index contributed by atoms with van der Waals surface area (Å²) in [4.78, 5) is 9.80. The van der Waals surface area contributed by atoms with E-state index in [0.29, 0.717) is 0 Å². The smallest absolute Gasteiger partial charge is 0.159 e. The molecule has 0 amide bonds. The fraction of sp³-hybridized carbons (Fsp3) is 0. The molecule has 41 heavy (non-hydrogen) atoms. The quantitative estimate of drug-likeness (QED) is 0.215. The second-order valence-electron chi connectivity index (χ2n) is 10.5. The number of para-hydroxylation sites is 2. The third-order valence-corrected chi connectivity index (χ3v) is 8.31. The van der Waals surface area contributed by atoms with Crippen LogP contribution in [0.5, 0.6) is 0 Å². The summed E-state index contributed by atoms with van der Waals surface area (Å²) in [5.74, 6) is 0. The summed E-state index contributed by atoms with van der Waals surface area (Å²) in [5, 5.41) is 3.29. The molecule has 0 atom stereocenters. The van der Waals surface area contributed by atoms with E-state index in [9.17, 15) is 0 Å². The topological polar surface area (TPSA) is 38.9 Å². The Morgan fingerprint density at radius 3 is 1.98 bits per heavy atom. The lowest BCUT2D eigenvalue weighted by molar-refractivity contribution is 0.670. The fourth-order valence-corrected chi connectivity index (χ4v) is 6.53. The SMILES string of the molecule is c1ccc2c(c1)-c1cc3cccnc3nc1-c1ccccc1-c1c-2cccc1-c1cccc2c1oc1ccccc12. The highest BCUT2D eigenvalue weighted by atomic mass is 16.3. The van der Waals surface area contributed by atoms with Gasteiger partial charge in [0.05, 0.1) is 5.69 Å². The first-order chi connectivity index (χ1) is 20.3. The van der Waals surface area contributed by atoms with Crippen molar-refractivity contribution in [3.63, 3.8) is 0 Å². The first-order valence-electron chi connectivity index (χ1n) is 13.8. The van der Waals surface area contributed by atoms with Crippen molar-refractivity contribution in [3.8, 4) is 55.8 Å². The van der Waals surface area contributed by atoms with Crippen molar-refractivity contribution in [1.29, 1.82) is 0 Å². The van der Waals surface area contributed by atoms with Gasteiger partial charge >= 0.3 is 0 Å². The minimum Gasteiger partial charge on any atom is -0.455 e. The van der Waals surface area contributed by atoms with E-state index in [0.717, 1.165) is 72.0 Å². The van der Waals surface area contributed by atoms with Gasteiger partial charge in [-0.05, 0) is 57.6 Å². The molecule has 0 aliphatic heterocycles. The molecule has 0 saturated heterocycles. The Kier molecular flexibility index (Phi) is 4.61. The monoisotopic (exact) mass is 522 g/mol. The van der Waals surface area contributed by atoms with Crippen molar-refractivity contribution in [1.82, 2.24) is 9.97 Å². The average molecular weight is 523 g/mol. The first-order valence-corrected chi connectivity index (χ1v) is 13.8. The zero-order valence-corrected chi connectivity index (χ0v) is 22.0. The van der Waals surface area contributed by atoms with Crippen LogP contribution in [-0.2, 0) is 0 Å². The average Bonchev–Trinajstić information content (AvgIpc) is 3.42. The minimum atomic E-state index is 0.750. The Hall–Kier alpha value is -5.54. The van der Waals surface area contributed by atoms with Gasteiger partial charge in [-0.1, -0.05) is 103 Å². The predicted octanol–water partition coefficient (Wildman–Crippen LogP) is 10.2. The van der Waals surface area contributed by atoms with E-state index in [1.165, 1.54) is 16.7 Å². The van der Waals surface area contributed by atoms with Crippen molar-refractivity contribution in [2.75, 3.05) is 0 Å². The maximum Gasteiger partial charge on any atom is 0.159 e. The molecule has 1 aliphatic rings. The van der Waals surface area contributed by atoms with E-state index in [-0.39, 0.29) is 0 Å². The summed E-state index contributed by atoms with van der Waals surface area (Å²) < 4.78 is 6.53. The van der Waals surface area contributed by atoms with Crippen LogP contribution in [-0.4, -0.2) is 9.97 Å². The van der Waals surface area contributed by atoms with E-state index in [2.05, 4.69) is 114 Å². The molecule has 8 aromatic rings. The third-order valence-electron chi connectivity index (χ3n) is 8.31. The van der Waals surface area contributed by atoms with Crippen LogP contribution in [0.4, 0.5) is 0 Å². The van der Waals surface area contributed by atoms with Gasteiger partial charge in [-0.25, -0.2) is 9.97 Å². The molecule has 0 radical (unpaired) electrons. The normalized spacial score (nSPS) is 11.9. The van der Waals surface area contributed by atoms with Crippen molar-refractivity contribution in [2.45, 2.75) is 0 Å². The molecule has 0 bridgehead atoms. The van der Waals surface area contributed by atoms with Gasteiger partial charge in [0.1, 0.15) is 11.2 Å². The number of rotatable bonds is 1. The molecule has 0 N–H and O–H groups in total. The van der Waals surface area contributed by atoms with Gasteiger partial charge in [-0.3, -0.25) is 0 Å². The fourth-order valence-electron chi connectivity index (χ4n) is 6.53. The molecule has 0 unspecified atom stereocenters. The molecule has 9 rings (SSSR count).